The maximum atomic E-state index is 5.13. The van der Waals surface area contributed by atoms with Crippen LogP contribution in [0.5, 0.6) is 0 Å². The predicted molar refractivity (Wildman–Crippen MR) is 39.7 cm³/mol. The molecule has 11 heavy (non-hydrogen) atoms. The van der Waals surface area contributed by atoms with Crippen LogP contribution in [0.15, 0.2) is 0 Å². The third-order valence-electron chi connectivity index (χ3n) is 2.35. The van der Waals surface area contributed by atoms with Crippen molar-refractivity contribution in [3.63, 3.8) is 0 Å². The number of piperidine rings is 1. The third kappa shape index (κ3) is 2.76. The van der Waals surface area contributed by atoms with Crippen LogP contribution < -0.4 is 51.4 Å². The summed E-state index contributed by atoms with van der Waals surface area (Å²) in [4.78, 5) is 2.52. The standard InChI is InChI=1S/C8H14NO.K/c1-2-4-9(5-3-1)8-6-10-7-8;/h2,8H,1,3-7H2;/q-1;+1. The Bertz CT molecular complexity index is 111. The molecule has 0 aliphatic carbocycles. The summed E-state index contributed by atoms with van der Waals surface area (Å²) in [5.41, 5.74) is 0. The van der Waals surface area contributed by atoms with E-state index < -0.39 is 0 Å². The largest absolute Gasteiger partial charge is 1.00 e. The molecular formula is C8H14KNO. The number of hydrogen-bond donors (Lipinski definition) is 0. The summed E-state index contributed by atoms with van der Waals surface area (Å²) in [5, 5.41) is 0. The summed E-state index contributed by atoms with van der Waals surface area (Å²) in [7, 11) is 0. The Balaban J connectivity index is 0.000000605. The SMILES string of the molecule is [CH-]1CCCN(C2COC2)C1.[K+]. The first-order valence-electron chi connectivity index (χ1n) is 4.10. The molecule has 2 nitrogen and oxygen atoms in total. The normalized spacial score (nSPS) is 27.3. The number of nitrogens with zero attached hydrogens (tertiary/aromatic N) is 1. The fraction of sp³-hybridized carbons (Fsp3) is 0.875. The number of ether oxygens (including phenoxy) is 1. The van der Waals surface area contributed by atoms with E-state index in [0.29, 0.717) is 0 Å². The van der Waals surface area contributed by atoms with E-state index in [1.165, 1.54) is 25.9 Å². The molecule has 2 aliphatic heterocycles. The van der Waals surface area contributed by atoms with Crippen molar-refractivity contribution in [1.29, 1.82) is 0 Å². The smallest absolute Gasteiger partial charge is 0.378 e. The Morgan fingerprint density at radius 1 is 1.36 bits per heavy atom. The van der Waals surface area contributed by atoms with E-state index in [1.807, 2.05) is 0 Å². The molecule has 2 rings (SSSR count). The van der Waals surface area contributed by atoms with E-state index in [2.05, 4.69) is 11.3 Å². The molecule has 0 unspecified atom stereocenters. The molecule has 0 spiro atoms. The Morgan fingerprint density at radius 2 is 2.18 bits per heavy atom. The molecule has 3 heteroatoms. The van der Waals surface area contributed by atoms with Gasteiger partial charge >= 0.3 is 51.4 Å². The zero-order chi connectivity index (χ0) is 6.81. The monoisotopic (exact) mass is 179 g/mol. The molecule has 0 saturated carbocycles. The van der Waals surface area contributed by atoms with Gasteiger partial charge in [0, 0.05) is 0 Å². The van der Waals surface area contributed by atoms with Crippen molar-refractivity contribution in [3.05, 3.63) is 6.42 Å². The van der Waals surface area contributed by atoms with Crippen LogP contribution in [-0.4, -0.2) is 37.2 Å². The molecule has 2 heterocycles. The fourth-order valence-electron chi connectivity index (χ4n) is 1.55. The van der Waals surface area contributed by atoms with Gasteiger partial charge in [0.2, 0.25) is 0 Å². The van der Waals surface area contributed by atoms with E-state index in [1.54, 1.807) is 0 Å². The van der Waals surface area contributed by atoms with E-state index in [4.69, 9.17) is 4.74 Å². The van der Waals surface area contributed by atoms with Gasteiger partial charge in [-0.3, -0.25) is 0 Å². The molecule has 2 aliphatic rings. The van der Waals surface area contributed by atoms with Crippen LogP contribution in [-0.2, 0) is 4.74 Å². The van der Waals surface area contributed by atoms with Gasteiger partial charge in [-0.15, -0.1) is 6.54 Å². The summed E-state index contributed by atoms with van der Waals surface area (Å²) in [5.74, 6) is 0. The number of rotatable bonds is 1. The maximum absolute atomic E-state index is 5.13. The third-order valence-corrected chi connectivity index (χ3v) is 2.35. The van der Waals surface area contributed by atoms with Gasteiger partial charge in [0.25, 0.3) is 0 Å². The van der Waals surface area contributed by atoms with Crippen molar-refractivity contribution in [2.24, 2.45) is 0 Å². The Kier molecular flexibility index (Phi) is 5.15. The molecule has 58 valence electrons. The molecular weight excluding hydrogens is 165 g/mol. The average molecular weight is 179 g/mol. The molecule has 2 fully saturated rings. The zero-order valence-electron chi connectivity index (χ0n) is 7.25. The first kappa shape index (κ1) is 10.6. The van der Waals surface area contributed by atoms with Crippen LogP contribution in [0.4, 0.5) is 0 Å². The summed E-state index contributed by atoms with van der Waals surface area (Å²) in [6.45, 7) is 4.40. The summed E-state index contributed by atoms with van der Waals surface area (Å²) < 4.78 is 5.13. The average Bonchev–Trinajstić information content (AvgIpc) is 1.86. The van der Waals surface area contributed by atoms with Crippen LogP contribution in [0.1, 0.15) is 12.8 Å². The van der Waals surface area contributed by atoms with E-state index in [0.717, 1.165) is 19.3 Å². The van der Waals surface area contributed by atoms with Gasteiger partial charge in [0.1, 0.15) is 0 Å². The predicted octanol–water partition coefficient (Wildman–Crippen LogP) is -2.31. The van der Waals surface area contributed by atoms with Crippen LogP contribution >= 0.6 is 0 Å². The first-order valence-corrected chi connectivity index (χ1v) is 4.10. The second-order valence-electron chi connectivity index (χ2n) is 3.12. The minimum absolute atomic E-state index is 0. The second kappa shape index (κ2) is 5.32. The summed E-state index contributed by atoms with van der Waals surface area (Å²) >= 11 is 0. The summed E-state index contributed by atoms with van der Waals surface area (Å²) in [6, 6.07) is 0.747. The molecule has 0 N–H and O–H groups in total. The van der Waals surface area contributed by atoms with Gasteiger partial charge in [-0.1, -0.05) is 6.42 Å². The van der Waals surface area contributed by atoms with Crippen molar-refractivity contribution < 1.29 is 56.1 Å². The molecule has 0 aromatic heterocycles. The van der Waals surface area contributed by atoms with Gasteiger partial charge in [-0.2, -0.15) is 6.42 Å². The second-order valence-corrected chi connectivity index (χ2v) is 3.12. The molecule has 0 aromatic carbocycles. The Labute approximate surface area is 111 Å². The fourth-order valence-corrected chi connectivity index (χ4v) is 1.55. The van der Waals surface area contributed by atoms with Crippen molar-refractivity contribution in [3.8, 4) is 0 Å². The zero-order valence-corrected chi connectivity index (χ0v) is 10.4. The van der Waals surface area contributed by atoms with Crippen LogP contribution in [0.25, 0.3) is 0 Å². The minimum atomic E-state index is 0. The van der Waals surface area contributed by atoms with E-state index in [-0.39, 0.29) is 51.4 Å². The topological polar surface area (TPSA) is 12.5 Å². The maximum Gasteiger partial charge on any atom is 1.00 e. The number of hydrogen-bond acceptors (Lipinski definition) is 2. The Morgan fingerprint density at radius 3 is 2.64 bits per heavy atom. The van der Waals surface area contributed by atoms with Crippen molar-refractivity contribution in [1.82, 2.24) is 4.90 Å². The van der Waals surface area contributed by atoms with E-state index in [9.17, 15) is 0 Å². The van der Waals surface area contributed by atoms with Crippen LogP contribution in [0.3, 0.4) is 0 Å². The van der Waals surface area contributed by atoms with Gasteiger partial charge in [0.15, 0.2) is 0 Å². The van der Waals surface area contributed by atoms with E-state index >= 15 is 0 Å². The number of likely N-dealkylation sites (tertiary alicyclic amines) is 1. The van der Waals surface area contributed by atoms with Gasteiger partial charge in [0.05, 0.1) is 19.3 Å². The first-order chi connectivity index (χ1) is 4.97. The van der Waals surface area contributed by atoms with Gasteiger partial charge < -0.3 is 16.1 Å². The van der Waals surface area contributed by atoms with Crippen molar-refractivity contribution >= 4 is 0 Å². The Hall–Kier alpha value is 1.56. The molecule has 0 radical (unpaired) electrons. The minimum Gasteiger partial charge on any atom is -0.378 e. The van der Waals surface area contributed by atoms with Crippen molar-refractivity contribution in [2.45, 2.75) is 18.9 Å². The van der Waals surface area contributed by atoms with Gasteiger partial charge in [-0.25, -0.2) is 0 Å². The molecule has 0 bridgehead atoms. The molecule has 0 aromatic rings. The van der Waals surface area contributed by atoms with Gasteiger partial charge in [-0.05, 0) is 6.54 Å². The van der Waals surface area contributed by atoms with Crippen LogP contribution in [0.2, 0.25) is 0 Å². The quantitative estimate of drug-likeness (QED) is 0.331. The van der Waals surface area contributed by atoms with Crippen molar-refractivity contribution in [2.75, 3.05) is 26.3 Å². The van der Waals surface area contributed by atoms with Crippen LogP contribution in [0, 0.1) is 6.42 Å². The molecule has 2 saturated heterocycles. The molecule has 0 amide bonds. The molecule has 0 atom stereocenters. The summed E-state index contributed by atoms with van der Waals surface area (Å²) in [6.07, 6.45) is 5.03.